The highest BCUT2D eigenvalue weighted by Crippen LogP contribution is 2.20. The van der Waals surface area contributed by atoms with Crippen LogP contribution in [-0.2, 0) is 0 Å². The second kappa shape index (κ2) is 5.97. The van der Waals surface area contributed by atoms with Crippen molar-refractivity contribution < 1.29 is 0 Å². The van der Waals surface area contributed by atoms with Crippen LogP contribution in [0.1, 0.15) is 25.8 Å². The third-order valence-corrected chi connectivity index (χ3v) is 2.54. The topological polar surface area (TPSA) is 27.0 Å². The van der Waals surface area contributed by atoms with Crippen LogP contribution in [0.5, 0.6) is 0 Å². The molecule has 0 N–H and O–H groups in total. The van der Waals surface area contributed by atoms with Crippen LogP contribution in [0, 0.1) is 18.3 Å². The molecule has 0 amide bonds. The van der Waals surface area contributed by atoms with Gasteiger partial charge < -0.3 is 4.90 Å². The summed E-state index contributed by atoms with van der Waals surface area (Å²) in [5.74, 6) is 0. The van der Waals surface area contributed by atoms with Crippen molar-refractivity contribution in [2.24, 2.45) is 0 Å². The Morgan fingerprint density at radius 2 is 2.25 bits per heavy atom. The van der Waals surface area contributed by atoms with E-state index in [0.29, 0.717) is 6.42 Å². The van der Waals surface area contributed by atoms with Crippen LogP contribution in [-0.4, -0.2) is 6.54 Å². The second-order valence-corrected chi connectivity index (χ2v) is 3.79. The Morgan fingerprint density at radius 1 is 1.50 bits per heavy atom. The van der Waals surface area contributed by atoms with E-state index >= 15 is 0 Å². The van der Waals surface area contributed by atoms with Gasteiger partial charge in [0.1, 0.15) is 0 Å². The molecule has 0 radical (unpaired) electrons. The smallest absolute Gasteiger partial charge is 0.0664 e. The summed E-state index contributed by atoms with van der Waals surface area (Å²) >= 11 is 0. The van der Waals surface area contributed by atoms with Crippen LogP contribution in [0.25, 0.3) is 0 Å². The zero-order valence-electron chi connectivity index (χ0n) is 10.2. The predicted molar refractivity (Wildman–Crippen MR) is 68.2 cm³/mol. The summed E-state index contributed by atoms with van der Waals surface area (Å²) in [5.41, 5.74) is 3.58. The summed E-state index contributed by atoms with van der Waals surface area (Å²) in [6.07, 6.45) is 2.43. The predicted octanol–water partition coefficient (Wildman–Crippen LogP) is 3.64. The number of hydrogen-bond acceptors (Lipinski definition) is 2. The van der Waals surface area contributed by atoms with Gasteiger partial charge in [-0.15, -0.1) is 0 Å². The van der Waals surface area contributed by atoms with Crippen LogP contribution >= 0.6 is 0 Å². The van der Waals surface area contributed by atoms with Gasteiger partial charge in [-0.1, -0.05) is 18.2 Å². The van der Waals surface area contributed by atoms with Crippen LogP contribution in [0.15, 0.2) is 36.0 Å². The molecule has 1 aromatic rings. The average Bonchev–Trinajstić information content (AvgIpc) is 2.27. The Kier molecular flexibility index (Phi) is 4.60. The molecule has 0 aromatic heterocycles. The first-order valence-electron chi connectivity index (χ1n) is 5.57. The minimum atomic E-state index is 0.466. The van der Waals surface area contributed by atoms with Crippen LogP contribution < -0.4 is 4.90 Å². The molecule has 0 saturated heterocycles. The van der Waals surface area contributed by atoms with Gasteiger partial charge in [-0.05, 0) is 38.5 Å². The quantitative estimate of drug-likeness (QED) is 0.765. The second-order valence-electron chi connectivity index (χ2n) is 3.79. The zero-order chi connectivity index (χ0) is 12.0. The molecule has 0 fully saturated rings. The molecule has 0 aliphatic carbocycles. The fourth-order valence-corrected chi connectivity index (χ4v) is 1.74. The maximum atomic E-state index is 8.57. The van der Waals surface area contributed by atoms with Crippen molar-refractivity contribution in [3.05, 3.63) is 41.6 Å². The average molecular weight is 214 g/mol. The highest BCUT2D eigenvalue weighted by atomic mass is 15.1. The number of nitriles is 1. The lowest BCUT2D eigenvalue weighted by Gasteiger charge is -2.24. The van der Waals surface area contributed by atoms with E-state index in [9.17, 15) is 0 Å². The monoisotopic (exact) mass is 214 g/mol. The van der Waals surface area contributed by atoms with Crippen molar-refractivity contribution in [3.8, 4) is 6.07 Å². The SMILES string of the molecule is CCN(C(C)=CCC#N)c1cccc(C)c1. The molecule has 0 aliphatic heterocycles. The first-order valence-corrected chi connectivity index (χ1v) is 5.57. The summed E-state index contributed by atoms with van der Waals surface area (Å²) < 4.78 is 0. The van der Waals surface area contributed by atoms with E-state index in [1.165, 1.54) is 11.3 Å². The van der Waals surface area contributed by atoms with E-state index in [-0.39, 0.29) is 0 Å². The van der Waals surface area contributed by atoms with Gasteiger partial charge in [0.25, 0.3) is 0 Å². The van der Waals surface area contributed by atoms with E-state index in [2.05, 4.69) is 49.1 Å². The van der Waals surface area contributed by atoms with Crippen LogP contribution in [0.3, 0.4) is 0 Å². The summed E-state index contributed by atoms with van der Waals surface area (Å²) in [5, 5.41) is 8.57. The largest absolute Gasteiger partial charge is 0.346 e. The van der Waals surface area contributed by atoms with E-state index in [0.717, 1.165) is 12.2 Å². The molecule has 0 spiro atoms. The third-order valence-electron chi connectivity index (χ3n) is 2.54. The molecule has 0 unspecified atom stereocenters. The number of anilines is 1. The van der Waals surface area contributed by atoms with Gasteiger partial charge in [-0.25, -0.2) is 0 Å². The molecular weight excluding hydrogens is 196 g/mol. The van der Waals surface area contributed by atoms with Crippen molar-refractivity contribution in [2.75, 3.05) is 11.4 Å². The summed E-state index contributed by atoms with van der Waals surface area (Å²) in [7, 11) is 0. The first-order chi connectivity index (χ1) is 7.69. The van der Waals surface area contributed by atoms with Gasteiger partial charge in [0.05, 0.1) is 12.5 Å². The number of nitrogens with zero attached hydrogens (tertiary/aromatic N) is 2. The van der Waals surface area contributed by atoms with E-state index < -0.39 is 0 Å². The molecule has 1 aromatic carbocycles. The fraction of sp³-hybridized carbons (Fsp3) is 0.357. The third kappa shape index (κ3) is 3.13. The van der Waals surface area contributed by atoms with Gasteiger partial charge in [0, 0.05) is 17.9 Å². The molecular formula is C14H18N2. The highest BCUT2D eigenvalue weighted by molar-refractivity contribution is 5.53. The molecule has 2 nitrogen and oxygen atoms in total. The molecule has 84 valence electrons. The normalized spacial score (nSPS) is 11.0. The van der Waals surface area contributed by atoms with Crippen molar-refractivity contribution in [2.45, 2.75) is 27.2 Å². The fourth-order valence-electron chi connectivity index (χ4n) is 1.74. The van der Waals surface area contributed by atoms with Gasteiger partial charge in [0.15, 0.2) is 0 Å². The minimum Gasteiger partial charge on any atom is -0.346 e. The van der Waals surface area contributed by atoms with Gasteiger partial charge in [-0.2, -0.15) is 5.26 Å². The number of hydrogen-bond donors (Lipinski definition) is 0. The lowest BCUT2D eigenvalue weighted by atomic mass is 10.2. The molecule has 2 heteroatoms. The Morgan fingerprint density at radius 3 is 2.81 bits per heavy atom. The molecule has 0 bridgehead atoms. The maximum absolute atomic E-state index is 8.57. The first kappa shape index (κ1) is 12.3. The van der Waals surface area contributed by atoms with Gasteiger partial charge in [0.2, 0.25) is 0 Å². The Labute approximate surface area is 97.8 Å². The Bertz CT molecular complexity index is 413. The number of benzene rings is 1. The van der Waals surface area contributed by atoms with Crippen molar-refractivity contribution >= 4 is 5.69 Å². The van der Waals surface area contributed by atoms with Gasteiger partial charge in [-0.3, -0.25) is 0 Å². The Hall–Kier alpha value is -1.75. The molecule has 0 aliphatic rings. The summed E-state index contributed by atoms with van der Waals surface area (Å²) in [6.45, 7) is 7.16. The van der Waals surface area contributed by atoms with Crippen LogP contribution in [0.2, 0.25) is 0 Å². The van der Waals surface area contributed by atoms with Crippen molar-refractivity contribution in [1.29, 1.82) is 5.26 Å². The Balaban J connectivity index is 2.95. The molecule has 0 heterocycles. The molecule has 0 saturated carbocycles. The van der Waals surface area contributed by atoms with E-state index in [1.54, 1.807) is 0 Å². The van der Waals surface area contributed by atoms with Gasteiger partial charge >= 0.3 is 0 Å². The molecule has 0 atom stereocenters. The summed E-state index contributed by atoms with van der Waals surface area (Å²) in [6, 6.07) is 10.5. The number of rotatable bonds is 4. The molecule has 16 heavy (non-hydrogen) atoms. The van der Waals surface area contributed by atoms with Crippen molar-refractivity contribution in [3.63, 3.8) is 0 Å². The lowest BCUT2D eigenvalue weighted by molar-refractivity contribution is 0.945. The maximum Gasteiger partial charge on any atom is 0.0664 e. The molecule has 1 rings (SSSR count). The number of allylic oxidation sites excluding steroid dienone is 2. The highest BCUT2D eigenvalue weighted by Gasteiger charge is 2.05. The summed E-state index contributed by atoms with van der Waals surface area (Å²) in [4.78, 5) is 2.21. The minimum absolute atomic E-state index is 0.466. The van der Waals surface area contributed by atoms with Crippen molar-refractivity contribution in [1.82, 2.24) is 0 Å². The zero-order valence-corrected chi connectivity index (χ0v) is 10.2. The van der Waals surface area contributed by atoms with E-state index in [1.807, 2.05) is 13.0 Å². The standard InChI is InChI=1S/C14H18N2/c1-4-16(13(3)8-6-10-15)14-9-5-7-12(2)11-14/h5,7-9,11H,4,6H2,1-3H3. The number of aryl methyl sites for hydroxylation is 1. The lowest BCUT2D eigenvalue weighted by Crippen LogP contribution is -2.20. The van der Waals surface area contributed by atoms with E-state index in [4.69, 9.17) is 5.26 Å². The van der Waals surface area contributed by atoms with Crippen LogP contribution in [0.4, 0.5) is 5.69 Å².